The Hall–Kier alpha value is -2.90. The maximum atomic E-state index is 13.5. The van der Waals surface area contributed by atoms with E-state index in [1.807, 2.05) is 6.07 Å². The lowest BCUT2D eigenvalue weighted by Crippen LogP contribution is -2.31. The standard InChI is InChI=1S/C24H27F4N3O/c1-16(2)7-10-29-23(32)22-6-4-20(15-30-22)31-11-8-17(9-12-31)13-18-14-19(25)3-5-21(18)24(26,27)28/h3-6,13-16H,7-12H2,1-2H3,(H,29,32). The molecule has 2 aromatic rings. The first-order valence-electron chi connectivity index (χ1n) is 10.7. The van der Waals surface area contributed by atoms with Gasteiger partial charge in [0, 0.05) is 19.6 Å². The number of amides is 1. The van der Waals surface area contributed by atoms with E-state index in [-0.39, 0.29) is 11.5 Å². The average molecular weight is 449 g/mol. The summed E-state index contributed by atoms with van der Waals surface area (Å²) < 4.78 is 53.2. The predicted octanol–water partition coefficient (Wildman–Crippen LogP) is 5.70. The van der Waals surface area contributed by atoms with Crippen molar-refractivity contribution in [1.29, 1.82) is 0 Å². The van der Waals surface area contributed by atoms with Crippen LogP contribution in [0.5, 0.6) is 0 Å². The van der Waals surface area contributed by atoms with Crippen molar-refractivity contribution in [2.45, 2.75) is 39.3 Å². The number of benzene rings is 1. The van der Waals surface area contributed by atoms with E-state index in [4.69, 9.17) is 0 Å². The molecular weight excluding hydrogens is 422 g/mol. The molecule has 1 amide bonds. The van der Waals surface area contributed by atoms with E-state index >= 15 is 0 Å². The van der Waals surface area contributed by atoms with Crippen LogP contribution in [0.3, 0.4) is 0 Å². The van der Waals surface area contributed by atoms with Crippen LogP contribution in [-0.4, -0.2) is 30.5 Å². The average Bonchev–Trinajstić information content (AvgIpc) is 2.73. The molecule has 0 spiro atoms. The van der Waals surface area contributed by atoms with Gasteiger partial charge < -0.3 is 10.2 Å². The molecule has 1 aromatic carbocycles. The Balaban J connectivity index is 1.62. The minimum Gasteiger partial charge on any atom is -0.370 e. The number of carbonyl (C=O) groups is 1. The van der Waals surface area contributed by atoms with E-state index < -0.39 is 17.6 Å². The van der Waals surface area contributed by atoms with Crippen LogP contribution in [0.1, 0.15) is 54.7 Å². The van der Waals surface area contributed by atoms with Crippen LogP contribution in [0.15, 0.2) is 42.1 Å². The lowest BCUT2D eigenvalue weighted by Gasteiger charge is -2.30. The van der Waals surface area contributed by atoms with Gasteiger partial charge in [-0.1, -0.05) is 25.5 Å². The second kappa shape index (κ2) is 10.1. The molecule has 1 saturated heterocycles. The van der Waals surface area contributed by atoms with E-state index in [0.29, 0.717) is 44.1 Å². The van der Waals surface area contributed by atoms with Gasteiger partial charge in [0.2, 0.25) is 0 Å². The molecule has 4 nitrogen and oxygen atoms in total. The molecular formula is C24H27F4N3O. The fraction of sp³-hybridized carbons (Fsp3) is 0.417. The molecule has 0 radical (unpaired) electrons. The van der Waals surface area contributed by atoms with Gasteiger partial charge in [-0.2, -0.15) is 13.2 Å². The van der Waals surface area contributed by atoms with Crippen molar-refractivity contribution in [3.63, 3.8) is 0 Å². The number of nitrogens with one attached hydrogen (secondary N) is 1. The summed E-state index contributed by atoms with van der Waals surface area (Å²) in [4.78, 5) is 18.5. The number of nitrogens with zero attached hydrogens (tertiary/aromatic N) is 2. The molecule has 2 heterocycles. The van der Waals surface area contributed by atoms with Crippen LogP contribution >= 0.6 is 0 Å². The number of anilines is 1. The Morgan fingerprint density at radius 1 is 1.19 bits per heavy atom. The summed E-state index contributed by atoms with van der Waals surface area (Å²) in [5.74, 6) is -0.400. The molecule has 32 heavy (non-hydrogen) atoms. The van der Waals surface area contributed by atoms with Gasteiger partial charge in [0.05, 0.1) is 17.4 Å². The number of hydrogen-bond acceptors (Lipinski definition) is 3. The molecule has 1 aromatic heterocycles. The molecule has 0 unspecified atom stereocenters. The molecule has 1 aliphatic heterocycles. The van der Waals surface area contributed by atoms with E-state index in [9.17, 15) is 22.4 Å². The Labute approximate surface area is 185 Å². The van der Waals surface area contributed by atoms with Gasteiger partial charge in [-0.25, -0.2) is 9.37 Å². The Kier molecular flexibility index (Phi) is 7.53. The first-order valence-corrected chi connectivity index (χ1v) is 10.7. The number of hydrogen-bond donors (Lipinski definition) is 1. The van der Waals surface area contributed by atoms with Gasteiger partial charge in [-0.05, 0) is 61.1 Å². The third-order valence-corrected chi connectivity index (χ3v) is 5.44. The third kappa shape index (κ3) is 6.31. The zero-order valence-electron chi connectivity index (χ0n) is 18.2. The Morgan fingerprint density at radius 3 is 2.50 bits per heavy atom. The molecule has 8 heteroatoms. The van der Waals surface area contributed by atoms with Crippen molar-refractivity contribution in [2.24, 2.45) is 5.92 Å². The molecule has 0 atom stereocenters. The molecule has 0 saturated carbocycles. The molecule has 1 aliphatic rings. The van der Waals surface area contributed by atoms with Crippen molar-refractivity contribution in [3.8, 4) is 0 Å². The highest BCUT2D eigenvalue weighted by Crippen LogP contribution is 2.34. The first-order chi connectivity index (χ1) is 15.1. The SMILES string of the molecule is CC(C)CCNC(=O)c1ccc(N2CCC(=Cc3cc(F)ccc3C(F)(F)F)CC2)cn1. The van der Waals surface area contributed by atoms with Crippen LogP contribution in [0.25, 0.3) is 6.08 Å². The third-order valence-electron chi connectivity index (χ3n) is 5.44. The van der Waals surface area contributed by atoms with Crippen molar-refractivity contribution in [3.05, 3.63) is 64.7 Å². The summed E-state index contributed by atoms with van der Waals surface area (Å²) in [6.45, 7) is 5.98. The van der Waals surface area contributed by atoms with Crippen LogP contribution in [-0.2, 0) is 6.18 Å². The molecule has 1 fully saturated rings. The first kappa shape index (κ1) is 23.8. The number of rotatable bonds is 6. The highest BCUT2D eigenvalue weighted by atomic mass is 19.4. The maximum Gasteiger partial charge on any atom is 0.416 e. The fourth-order valence-electron chi connectivity index (χ4n) is 3.60. The van der Waals surface area contributed by atoms with Crippen molar-refractivity contribution in [1.82, 2.24) is 10.3 Å². The van der Waals surface area contributed by atoms with Crippen LogP contribution in [0, 0.1) is 11.7 Å². The van der Waals surface area contributed by atoms with E-state index in [1.165, 1.54) is 6.08 Å². The minimum absolute atomic E-state index is 0.143. The number of halogens is 4. The number of alkyl halides is 3. The number of aromatic nitrogens is 1. The Bertz CT molecular complexity index is 958. The highest BCUT2D eigenvalue weighted by Gasteiger charge is 2.33. The van der Waals surface area contributed by atoms with Gasteiger partial charge in [-0.15, -0.1) is 0 Å². The zero-order chi connectivity index (χ0) is 23.3. The largest absolute Gasteiger partial charge is 0.416 e. The smallest absolute Gasteiger partial charge is 0.370 e. The molecule has 1 N–H and O–H groups in total. The van der Waals surface area contributed by atoms with Gasteiger partial charge in [0.15, 0.2) is 0 Å². The van der Waals surface area contributed by atoms with Crippen LogP contribution in [0.2, 0.25) is 0 Å². The lowest BCUT2D eigenvalue weighted by molar-refractivity contribution is -0.137. The second-order valence-corrected chi connectivity index (χ2v) is 8.36. The maximum absolute atomic E-state index is 13.5. The van der Waals surface area contributed by atoms with E-state index in [1.54, 1.807) is 12.3 Å². The molecule has 3 rings (SSSR count). The van der Waals surface area contributed by atoms with Crippen LogP contribution < -0.4 is 10.2 Å². The summed E-state index contributed by atoms with van der Waals surface area (Å²) >= 11 is 0. The van der Waals surface area contributed by atoms with Gasteiger partial charge in [-0.3, -0.25) is 4.79 Å². The van der Waals surface area contributed by atoms with Crippen molar-refractivity contribution < 1.29 is 22.4 Å². The monoisotopic (exact) mass is 449 g/mol. The second-order valence-electron chi connectivity index (χ2n) is 8.36. The topological polar surface area (TPSA) is 45.2 Å². The fourth-order valence-corrected chi connectivity index (χ4v) is 3.60. The number of pyridine rings is 1. The molecule has 0 aliphatic carbocycles. The highest BCUT2D eigenvalue weighted by molar-refractivity contribution is 5.92. The van der Waals surface area contributed by atoms with Crippen LogP contribution in [0.4, 0.5) is 23.2 Å². The van der Waals surface area contributed by atoms with Gasteiger partial charge >= 0.3 is 6.18 Å². The minimum atomic E-state index is -4.53. The number of piperidine rings is 1. The van der Waals surface area contributed by atoms with Crippen molar-refractivity contribution >= 4 is 17.7 Å². The number of carbonyl (C=O) groups excluding carboxylic acids is 1. The summed E-state index contributed by atoms with van der Waals surface area (Å²) in [6.07, 6.45) is 0.575. The Morgan fingerprint density at radius 2 is 1.91 bits per heavy atom. The van der Waals surface area contributed by atoms with Gasteiger partial charge in [0.25, 0.3) is 5.91 Å². The summed E-state index contributed by atoms with van der Waals surface area (Å²) in [6, 6.07) is 6.04. The van der Waals surface area contributed by atoms with E-state index in [2.05, 4.69) is 29.0 Å². The molecule has 172 valence electrons. The molecule has 0 bridgehead atoms. The predicted molar refractivity (Wildman–Crippen MR) is 117 cm³/mol. The summed E-state index contributed by atoms with van der Waals surface area (Å²) in [7, 11) is 0. The van der Waals surface area contributed by atoms with Gasteiger partial charge in [0.1, 0.15) is 11.5 Å². The summed E-state index contributed by atoms with van der Waals surface area (Å²) in [5, 5.41) is 2.85. The quantitative estimate of drug-likeness (QED) is 0.576. The zero-order valence-corrected chi connectivity index (χ0v) is 18.2. The summed E-state index contributed by atoms with van der Waals surface area (Å²) in [5.41, 5.74) is 1.06. The normalized spacial score (nSPS) is 14.6. The van der Waals surface area contributed by atoms with E-state index in [0.717, 1.165) is 35.9 Å². The lowest BCUT2D eigenvalue weighted by atomic mass is 9.98. The van der Waals surface area contributed by atoms with Crippen molar-refractivity contribution in [2.75, 3.05) is 24.5 Å².